The second kappa shape index (κ2) is 2.48. The van der Waals surface area contributed by atoms with Crippen LogP contribution in [-0.4, -0.2) is 11.2 Å². The van der Waals surface area contributed by atoms with Gasteiger partial charge in [0.15, 0.2) is 0 Å². The molecule has 0 fully saturated rings. The molecule has 0 aliphatic carbocycles. The molecule has 12 heavy (non-hydrogen) atoms. The molecule has 60 valence electrons. The molecule has 0 spiro atoms. The smallest absolute Gasteiger partial charge is 0.0456 e. The van der Waals surface area contributed by atoms with Crippen LogP contribution in [0.5, 0.6) is 0 Å². The van der Waals surface area contributed by atoms with Crippen molar-refractivity contribution in [1.82, 2.24) is 4.98 Å². The van der Waals surface area contributed by atoms with Crippen molar-refractivity contribution in [2.45, 2.75) is 6.92 Å². The summed E-state index contributed by atoms with van der Waals surface area (Å²) in [6.07, 6.45) is 1.36. The van der Waals surface area contributed by atoms with Crippen LogP contribution in [0, 0.1) is 12.3 Å². The lowest BCUT2D eigenvalue weighted by Crippen LogP contribution is -1.76. The summed E-state index contributed by atoms with van der Waals surface area (Å²) in [5, 5.41) is 8.27. The maximum atomic E-state index is 7.09. The van der Waals surface area contributed by atoms with E-state index in [9.17, 15) is 0 Å². The minimum atomic E-state index is 0.946. The Bertz CT molecular complexity index is 426. The van der Waals surface area contributed by atoms with Gasteiger partial charge in [0.25, 0.3) is 0 Å². The number of H-pyrrole nitrogens is 1. The standard InChI is InChI=1S/C10H10N2/c1-7-4-9-5-8(6-11)2-3-10(9)12-7/h2-6,11-12H,1H3. The molecule has 0 saturated carbocycles. The van der Waals surface area contributed by atoms with Crippen LogP contribution in [0.15, 0.2) is 24.3 Å². The first-order chi connectivity index (χ1) is 5.79. The van der Waals surface area contributed by atoms with Gasteiger partial charge < -0.3 is 10.4 Å². The molecule has 0 amide bonds. The van der Waals surface area contributed by atoms with Crippen LogP contribution in [0.3, 0.4) is 0 Å². The summed E-state index contributed by atoms with van der Waals surface area (Å²) >= 11 is 0. The predicted octanol–water partition coefficient (Wildman–Crippen LogP) is 2.47. The van der Waals surface area contributed by atoms with Crippen molar-refractivity contribution in [2.75, 3.05) is 0 Å². The molecule has 0 bridgehead atoms. The van der Waals surface area contributed by atoms with Gasteiger partial charge in [0, 0.05) is 22.8 Å². The zero-order valence-electron chi connectivity index (χ0n) is 6.89. The van der Waals surface area contributed by atoms with Crippen LogP contribution in [0.25, 0.3) is 10.9 Å². The highest BCUT2D eigenvalue weighted by Gasteiger charge is 1.96. The zero-order chi connectivity index (χ0) is 8.55. The first-order valence-electron chi connectivity index (χ1n) is 3.89. The summed E-state index contributed by atoms with van der Waals surface area (Å²) in [4.78, 5) is 3.23. The molecule has 2 nitrogen and oxygen atoms in total. The average Bonchev–Trinajstić information content (AvgIpc) is 2.43. The van der Waals surface area contributed by atoms with Crippen LogP contribution in [-0.2, 0) is 0 Å². The van der Waals surface area contributed by atoms with Crippen molar-refractivity contribution in [2.24, 2.45) is 0 Å². The van der Waals surface area contributed by atoms with Crippen LogP contribution in [0.2, 0.25) is 0 Å². The molecule has 0 saturated heterocycles. The van der Waals surface area contributed by atoms with Gasteiger partial charge in [-0.3, -0.25) is 0 Å². The third kappa shape index (κ3) is 1.01. The van der Waals surface area contributed by atoms with Gasteiger partial charge in [-0.05, 0) is 30.7 Å². The van der Waals surface area contributed by atoms with E-state index in [4.69, 9.17) is 5.41 Å². The third-order valence-corrected chi connectivity index (χ3v) is 1.95. The summed E-state index contributed by atoms with van der Waals surface area (Å²) in [7, 11) is 0. The van der Waals surface area contributed by atoms with Crippen molar-refractivity contribution >= 4 is 17.1 Å². The lowest BCUT2D eigenvalue weighted by molar-refractivity contribution is 1.30. The van der Waals surface area contributed by atoms with Gasteiger partial charge in [-0.25, -0.2) is 0 Å². The van der Waals surface area contributed by atoms with E-state index >= 15 is 0 Å². The molecule has 2 heteroatoms. The fourth-order valence-electron chi connectivity index (χ4n) is 1.39. The molecular weight excluding hydrogens is 148 g/mol. The molecule has 2 aromatic rings. The van der Waals surface area contributed by atoms with Gasteiger partial charge >= 0.3 is 0 Å². The monoisotopic (exact) mass is 158 g/mol. The van der Waals surface area contributed by atoms with E-state index in [0.717, 1.165) is 16.8 Å². The van der Waals surface area contributed by atoms with Crippen molar-refractivity contribution in [3.63, 3.8) is 0 Å². The van der Waals surface area contributed by atoms with Gasteiger partial charge in [-0.1, -0.05) is 6.07 Å². The number of hydrogen-bond donors (Lipinski definition) is 2. The van der Waals surface area contributed by atoms with E-state index in [1.165, 1.54) is 11.6 Å². The molecule has 2 N–H and O–H groups in total. The average molecular weight is 158 g/mol. The van der Waals surface area contributed by atoms with E-state index in [-0.39, 0.29) is 0 Å². The minimum Gasteiger partial charge on any atom is -0.359 e. The highest BCUT2D eigenvalue weighted by Crippen LogP contribution is 2.15. The number of aryl methyl sites for hydroxylation is 1. The van der Waals surface area contributed by atoms with Gasteiger partial charge in [0.05, 0.1) is 0 Å². The molecule has 1 aromatic heterocycles. The van der Waals surface area contributed by atoms with Gasteiger partial charge in [0.2, 0.25) is 0 Å². The predicted molar refractivity (Wildman–Crippen MR) is 50.9 cm³/mol. The Balaban J connectivity index is 2.74. The number of aromatic nitrogens is 1. The number of hydrogen-bond acceptors (Lipinski definition) is 1. The van der Waals surface area contributed by atoms with Gasteiger partial charge in [-0.15, -0.1) is 0 Å². The highest BCUT2D eigenvalue weighted by atomic mass is 14.7. The molecule has 0 atom stereocenters. The molecular formula is C10H10N2. The largest absolute Gasteiger partial charge is 0.359 e. The topological polar surface area (TPSA) is 39.6 Å². The van der Waals surface area contributed by atoms with Crippen molar-refractivity contribution in [1.29, 1.82) is 5.41 Å². The van der Waals surface area contributed by atoms with E-state index in [2.05, 4.69) is 11.1 Å². The maximum Gasteiger partial charge on any atom is 0.0456 e. The quantitative estimate of drug-likeness (QED) is 0.598. The fraction of sp³-hybridized carbons (Fsp3) is 0.100. The number of fused-ring (bicyclic) bond motifs is 1. The lowest BCUT2D eigenvalue weighted by Gasteiger charge is -1.91. The molecule has 0 radical (unpaired) electrons. The molecule has 1 heterocycles. The van der Waals surface area contributed by atoms with E-state index < -0.39 is 0 Å². The highest BCUT2D eigenvalue weighted by molar-refractivity contribution is 5.88. The zero-order valence-corrected chi connectivity index (χ0v) is 6.89. The first kappa shape index (κ1) is 7.10. The Kier molecular flexibility index (Phi) is 1.47. The molecule has 0 aliphatic rings. The number of benzene rings is 1. The third-order valence-electron chi connectivity index (χ3n) is 1.95. The number of nitrogens with one attached hydrogen (secondary N) is 2. The SMILES string of the molecule is Cc1cc2cc(C=N)ccc2[nH]1. The molecule has 0 aliphatic heterocycles. The van der Waals surface area contributed by atoms with E-state index in [1.807, 2.05) is 25.1 Å². The first-order valence-corrected chi connectivity index (χ1v) is 3.89. The second-order valence-electron chi connectivity index (χ2n) is 2.94. The Morgan fingerprint density at radius 2 is 2.17 bits per heavy atom. The molecule has 1 aromatic carbocycles. The van der Waals surface area contributed by atoms with E-state index in [1.54, 1.807) is 0 Å². The van der Waals surface area contributed by atoms with Crippen LogP contribution in [0.4, 0.5) is 0 Å². The Morgan fingerprint density at radius 1 is 1.33 bits per heavy atom. The van der Waals surface area contributed by atoms with Crippen molar-refractivity contribution < 1.29 is 0 Å². The summed E-state index contributed by atoms with van der Waals surface area (Å²) in [5.74, 6) is 0. The summed E-state index contributed by atoms with van der Waals surface area (Å²) in [5.41, 5.74) is 3.24. The van der Waals surface area contributed by atoms with Crippen LogP contribution in [0.1, 0.15) is 11.3 Å². The van der Waals surface area contributed by atoms with Gasteiger partial charge in [-0.2, -0.15) is 0 Å². The lowest BCUT2D eigenvalue weighted by atomic mass is 10.2. The van der Waals surface area contributed by atoms with E-state index in [0.29, 0.717) is 0 Å². The van der Waals surface area contributed by atoms with Crippen LogP contribution < -0.4 is 0 Å². The van der Waals surface area contributed by atoms with Crippen LogP contribution >= 0.6 is 0 Å². The Hall–Kier alpha value is -1.57. The molecule has 2 rings (SSSR count). The number of rotatable bonds is 1. The maximum absolute atomic E-state index is 7.09. The Labute approximate surface area is 70.7 Å². The van der Waals surface area contributed by atoms with Crippen molar-refractivity contribution in [3.05, 3.63) is 35.5 Å². The summed E-state index contributed by atoms with van der Waals surface area (Å²) < 4.78 is 0. The minimum absolute atomic E-state index is 0.946. The molecule has 0 unspecified atom stereocenters. The fourth-order valence-corrected chi connectivity index (χ4v) is 1.39. The summed E-state index contributed by atoms with van der Waals surface area (Å²) in [6, 6.07) is 8.03. The van der Waals surface area contributed by atoms with Gasteiger partial charge in [0.1, 0.15) is 0 Å². The summed E-state index contributed by atoms with van der Waals surface area (Å²) in [6.45, 7) is 2.03. The van der Waals surface area contributed by atoms with Crippen molar-refractivity contribution in [3.8, 4) is 0 Å². The normalized spacial score (nSPS) is 10.4. The second-order valence-corrected chi connectivity index (χ2v) is 2.94. The number of aromatic amines is 1. The Morgan fingerprint density at radius 3 is 2.92 bits per heavy atom.